The summed E-state index contributed by atoms with van der Waals surface area (Å²) in [5.41, 5.74) is 3.12. The Morgan fingerprint density at radius 2 is 1.63 bits per heavy atom. The summed E-state index contributed by atoms with van der Waals surface area (Å²) in [5, 5.41) is 12.0. The number of hydrogen-bond acceptors (Lipinski definition) is 4. The zero-order valence-corrected chi connectivity index (χ0v) is 17.2. The molecule has 0 spiro atoms. The van der Waals surface area contributed by atoms with Gasteiger partial charge in [-0.05, 0) is 74.4 Å². The molecule has 0 fully saturated rings. The van der Waals surface area contributed by atoms with Crippen LogP contribution in [0.1, 0.15) is 19.4 Å². The van der Waals surface area contributed by atoms with Crippen molar-refractivity contribution in [2.75, 3.05) is 29.9 Å². The van der Waals surface area contributed by atoms with Gasteiger partial charge in [0.05, 0.1) is 4.90 Å². The van der Waals surface area contributed by atoms with E-state index in [0.29, 0.717) is 18.1 Å². The highest BCUT2D eigenvalue weighted by molar-refractivity contribution is 7.89. The largest absolute Gasteiger partial charge is 0.372 e. The standard InChI is InChI=1S/C19H26N4O2S2/c1-3-23(4-2)17-9-7-16(8-10-17)22-19(26)21-14-13-15-5-11-18(12-6-15)27(20,24)25/h5-12H,3-4,13-14H2,1-2H3,(H2,20,24,25)(H2,21,22,26). The molecule has 0 radical (unpaired) electrons. The van der Waals surface area contributed by atoms with E-state index < -0.39 is 10.0 Å². The number of sulfonamides is 1. The van der Waals surface area contributed by atoms with Gasteiger partial charge in [0.15, 0.2) is 5.11 Å². The van der Waals surface area contributed by atoms with Crippen LogP contribution in [0, 0.1) is 0 Å². The Morgan fingerprint density at radius 1 is 1.04 bits per heavy atom. The first-order valence-corrected chi connectivity index (χ1v) is 10.8. The monoisotopic (exact) mass is 406 g/mol. The van der Waals surface area contributed by atoms with Crippen LogP contribution in [-0.4, -0.2) is 33.2 Å². The minimum absolute atomic E-state index is 0.115. The maximum absolute atomic E-state index is 11.3. The quantitative estimate of drug-likeness (QED) is 0.584. The average Bonchev–Trinajstić information content (AvgIpc) is 2.64. The van der Waals surface area contributed by atoms with Crippen molar-refractivity contribution in [3.8, 4) is 0 Å². The van der Waals surface area contributed by atoms with Crippen molar-refractivity contribution < 1.29 is 8.42 Å². The van der Waals surface area contributed by atoms with Crippen LogP contribution in [-0.2, 0) is 16.4 Å². The summed E-state index contributed by atoms with van der Waals surface area (Å²) in [6.45, 7) is 6.86. The molecule has 0 amide bonds. The molecule has 146 valence electrons. The van der Waals surface area contributed by atoms with Crippen molar-refractivity contribution in [2.24, 2.45) is 5.14 Å². The number of benzene rings is 2. The van der Waals surface area contributed by atoms with Gasteiger partial charge in [-0.25, -0.2) is 13.6 Å². The molecule has 0 bridgehead atoms. The Kier molecular flexibility index (Phi) is 7.58. The second-order valence-electron chi connectivity index (χ2n) is 6.04. The summed E-state index contributed by atoms with van der Waals surface area (Å²) < 4.78 is 22.5. The number of hydrogen-bond donors (Lipinski definition) is 3. The SMILES string of the molecule is CCN(CC)c1ccc(NC(=S)NCCc2ccc(S(N)(=O)=O)cc2)cc1. The smallest absolute Gasteiger partial charge is 0.238 e. The topological polar surface area (TPSA) is 87.5 Å². The normalized spacial score (nSPS) is 11.1. The van der Waals surface area contributed by atoms with E-state index in [-0.39, 0.29) is 4.90 Å². The summed E-state index contributed by atoms with van der Waals surface area (Å²) in [6, 6.07) is 14.7. The van der Waals surface area contributed by atoms with Crippen molar-refractivity contribution in [2.45, 2.75) is 25.2 Å². The Bertz CT molecular complexity index is 846. The lowest BCUT2D eigenvalue weighted by atomic mass is 10.1. The molecule has 2 aromatic rings. The van der Waals surface area contributed by atoms with Crippen LogP contribution in [0.4, 0.5) is 11.4 Å². The Morgan fingerprint density at radius 3 is 2.15 bits per heavy atom. The molecule has 2 rings (SSSR count). The van der Waals surface area contributed by atoms with Gasteiger partial charge in [0, 0.05) is 31.0 Å². The number of rotatable bonds is 8. The molecule has 0 unspecified atom stereocenters. The van der Waals surface area contributed by atoms with Crippen LogP contribution < -0.4 is 20.7 Å². The van der Waals surface area contributed by atoms with E-state index >= 15 is 0 Å². The first-order chi connectivity index (χ1) is 12.8. The van der Waals surface area contributed by atoms with Crippen LogP contribution in [0.15, 0.2) is 53.4 Å². The van der Waals surface area contributed by atoms with E-state index in [1.54, 1.807) is 12.1 Å². The van der Waals surface area contributed by atoms with E-state index in [1.165, 1.54) is 17.8 Å². The lowest BCUT2D eigenvalue weighted by Crippen LogP contribution is -2.30. The van der Waals surface area contributed by atoms with E-state index in [1.807, 2.05) is 12.1 Å². The number of anilines is 2. The summed E-state index contributed by atoms with van der Waals surface area (Å²) in [4.78, 5) is 2.39. The fourth-order valence-electron chi connectivity index (χ4n) is 2.69. The van der Waals surface area contributed by atoms with Crippen LogP contribution in [0.5, 0.6) is 0 Å². The van der Waals surface area contributed by atoms with Crippen molar-refractivity contribution in [1.29, 1.82) is 0 Å². The number of nitrogens with one attached hydrogen (secondary N) is 2. The summed E-state index contributed by atoms with van der Waals surface area (Å²) in [5.74, 6) is 0. The number of nitrogens with zero attached hydrogens (tertiary/aromatic N) is 1. The number of nitrogens with two attached hydrogens (primary N) is 1. The van der Waals surface area contributed by atoms with Gasteiger partial charge in [-0.2, -0.15) is 0 Å². The summed E-state index contributed by atoms with van der Waals surface area (Å²) >= 11 is 5.32. The maximum atomic E-state index is 11.3. The zero-order valence-electron chi connectivity index (χ0n) is 15.6. The van der Waals surface area contributed by atoms with Crippen molar-refractivity contribution in [3.63, 3.8) is 0 Å². The summed E-state index contributed by atoms with van der Waals surface area (Å²) in [6.07, 6.45) is 0.716. The Labute approximate surface area is 166 Å². The molecule has 0 saturated carbocycles. The van der Waals surface area contributed by atoms with E-state index in [0.717, 1.165) is 24.3 Å². The van der Waals surface area contributed by atoms with E-state index in [9.17, 15) is 8.42 Å². The van der Waals surface area contributed by atoms with Gasteiger partial charge >= 0.3 is 0 Å². The highest BCUT2D eigenvalue weighted by atomic mass is 32.2. The molecule has 0 aliphatic heterocycles. The fourth-order valence-corrected chi connectivity index (χ4v) is 3.42. The van der Waals surface area contributed by atoms with E-state index in [2.05, 4.69) is 41.5 Å². The van der Waals surface area contributed by atoms with Gasteiger partial charge in [0.1, 0.15) is 0 Å². The van der Waals surface area contributed by atoms with Crippen LogP contribution in [0.25, 0.3) is 0 Å². The predicted octanol–water partition coefficient (Wildman–Crippen LogP) is 2.71. The lowest BCUT2D eigenvalue weighted by Gasteiger charge is -2.21. The van der Waals surface area contributed by atoms with Gasteiger partial charge in [-0.15, -0.1) is 0 Å². The second kappa shape index (κ2) is 9.68. The third-order valence-electron chi connectivity index (χ3n) is 4.20. The molecule has 0 aliphatic carbocycles. The van der Waals surface area contributed by atoms with E-state index in [4.69, 9.17) is 17.4 Å². The first kappa shape index (κ1) is 21.1. The van der Waals surface area contributed by atoms with Gasteiger partial charge in [-0.3, -0.25) is 0 Å². The highest BCUT2D eigenvalue weighted by Gasteiger charge is 2.07. The molecule has 0 aromatic heterocycles. The highest BCUT2D eigenvalue weighted by Crippen LogP contribution is 2.17. The van der Waals surface area contributed by atoms with Gasteiger partial charge < -0.3 is 15.5 Å². The van der Waals surface area contributed by atoms with Crippen molar-refractivity contribution in [3.05, 3.63) is 54.1 Å². The predicted molar refractivity (Wildman–Crippen MR) is 116 cm³/mol. The third-order valence-corrected chi connectivity index (χ3v) is 5.38. The Balaban J connectivity index is 1.81. The molecule has 0 aliphatic rings. The molecule has 0 atom stereocenters. The molecule has 2 aromatic carbocycles. The Hall–Kier alpha value is -2.16. The molecule has 6 nitrogen and oxygen atoms in total. The lowest BCUT2D eigenvalue weighted by molar-refractivity contribution is 0.598. The van der Waals surface area contributed by atoms with Crippen molar-refractivity contribution >= 4 is 38.7 Å². The maximum Gasteiger partial charge on any atom is 0.238 e. The molecule has 4 N–H and O–H groups in total. The molecule has 27 heavy (non-hydrogen) atoms. The third kappa shape index (κ3) is 6.50. The molecule has 0 heterocycles. The van der Waals surface area contributed by atoms with Gasteiger partial charge in [-0.1, -0.05) is 12.1 Å². The van der Waals surface area contributed by atoms with Crippen LogP contribution in [0.3, 0.4) is 0 Å². The minimum Gasteiger partial charge on any atom is -0.372 e. The molecule has 0 saturated heterocycles. The first-order valence-electron chi connectivity index (χ1n) is 8.85. The minimum atomic E-state index is -3.65. The van der Waals surface area contributed by atoms with Crippen LogP contribution >= 0.6 is 12.2 Å². The number of thiocarbonyl (C=S) groups is 1. The second-order valence-corrected chi connectivity index (χ2v) is 8.01. The zero-order chi connectivity index (χ0) is 19.9. The molecular weight excluding hydrogens is 380 g/mol. The molecular formula is C19H26N4O2S2. The fraction of sp³-hybridized carbons (Fsp3) is 0.316. The summed E-state index contributed by atoms with van der Waals surface area (Å²) in [7, 11) is -3.65. The van der Waals surface area contributed by atoms with Crippen molar-refractivity contribution in [1.82, 2.24) is 5.32 Å². The number of primary sulfonamides is 1. The van der Waals surface area contributed by atoms with Crippen LogP contribution in [0.2, 0.25) is 0 Å². The van der Waals surface area contributed by atoms with Gasteiger partial charge in [0.25, 0.3) is 0 Å². The average molecular weight is 407 g/mol. The molecule has 8 heteroatoms. The van der Waals surface area contributed by atoms with Gasteiger partial charge in [0.2, 0.25) is 10.0 Å².